The van der Waals surface area contributed by atoms with Crippen LogP contribution in [0.5, 0.6) is 0 Å². The van der Waals surface area contributed by atoms with Crippen molar-refractivity contribution in [2.75, 3.05) is 0 Å². The number of aryl methyl sites for hydroxylation is 1. The van der Waals surface area contributed by atoms with Gasteiger partial charge in [0.15, 0.2) is 0 Å². The van der Waals surface area contributed by atoms with Crippen molar-refractivity contribution in [2.24, 2.45) is 11.3 Å². The highest BCUT2D eigenvalue weighted by atomic mass is 15.2. The van der Waals surface area contributed by atoms with Crippen LogP contribution in [0.1, 0.15) is 56.2 Å². The third-order valence-electron chi connectivity index (χ3n) is 4.58. The molecule has 1 aromatic rings. The Morgan fingerprint density at radius 3 is 2.47 bits per heavy atom. The largest absolute Gasteiger partial charge is 0.271 e. The Hall–Kier alpha value is -0.860. The van der Waals surface area contributed by atoms with E-state index in [0.717, 1.165) is 0 Å². The van der Waals surface area contributed by atoms with Gasteiger partial charge >= 0.3 is 0 Å². The number of hydrogen-bond donors (Lipinski definition) is 2. The lowest BCUT2D eigenvalue weighted by atomic mass is 9.73. The van der Waals surface area contributed by atoms with Gasteiger partial charge in [0.1, 0.15) is 0 Å². The van der Waals surface area contributed by atoms with Crippen molar-refractivity contribution in [1.82, 2.24) is 5.43 Å². The predicted molar refractivity (Wildman–Crippen MR) is 72.4 cm³/mol. The number of rotatable bonds is 4. The Kier molecular flexibility index (Phi) is 3.85. The highest BCUT2D eigenvalue weighted by Crippen LogP contribution is 2.50. The van der Waals surface area contributed by atoms with E-state index in [1.165, 1.54) is 43.2 Å². The van der Waals surface area contributed by atoms with Crippen LogP contribution in [-0.2, 0) is 0 Å². The predicted octanol–water partition coefficient (Wildman–Crippen LogP) is 3.47. The van der Waals surface area contributed by atoms with Crippen molar-refractivity contribution >= 4 is 0 Å². The minimum Gasteiger partial charge on any atom is -0.271 e. The second kappa shape index (κ2) is 5.19. The fourth-order valence-corrected chi connectivity index (χ4v) is 3.43. The van der Waals surface area contributed by atoms with E-state index in [-0.39, 0.29) is 0 Å². The van der Waals surface area contributed by atoms with E-state index >= 15 is 0 Å². The van der Waals surface area contributed by atoms with Crippen LogP contribution in [0.4, 0.5) is 0 Å². The van der Waals surface area contributed by atoms with Crippen molar-refractivity contribution in [3.05, 3.63) is 35.4 Å². The lowest BCUT2D eigenvalue weighted by molar-refractivity contribution is 0.187. The summed E-state index contributed by atoms with van der Waals surface area (Å²) in [5.41, 5.74) is 6.17. The topological polar surface area (TPSA) is 38.0 Å². The summed E-state index contributed by atoms with van der Waals surface area (Å²) in [6.45, 7) is 4.48. The Bertz CT molecular complexity index is 367. The summed E-state index contributed by atoms with van der Waals surface area (Å²) in [7, 11) is 0. The van der Waals surface area contributed by atoms with E-state index < -0.39 is 0 Å². The molecule has 3 N–H and O–H groups in total. The van der Waals surface area contributed by atoms with E-state index in [2.05, 4.69) is 43.5 Å². The van der Waals surface area contributed by atoms with Gasteiger partial charge in [0, 0.05) is 0 Å². The molecule has 0 amide bonds. The molecular formula is C15H24N2. The summed E-state index contributed by atoms with van der Waals surface area (Å²) in [4.78, 5) is 0. The molecule has 0 aliphatic heterocycles. The summed E-state index contributed by atoms with van der Waals surface area (Å²) in [5.74, 6) is 5.86. The molecule has 1 aromatic carbocycles. The fourth-order valence-electron chi connectivity index (χ4n) is 3.43. The summed E-state index contributed by atoms with van der Waals surface area (Å²) in [6.07, 6.45) is 6.49. The SMILES string of the molecule is CCC1(C(NN)c2ccccc2C)CCCC1. The monoisotopic (exact) mass is 232 g/mol. The molecule has 0 heterocycles. The highest BCUT2D eigenvalue weighted by molar-refractivity contribution is 5.30. The average Bonchev–Trinajstić information content (AvgIpc) is 2.82. The smallest absolute Gasteiger partial charge is 0.0518 e. The first-order chi connectivity index (χ1) is 8.23. The van der Waals surface area contributed by atoms with Crippen LogP contribution >= 0.6 is 0 Å². The molecule has 0 bridgehead atoms. The van der Waals surface area contributed by atoms with E-state index in [9.17, 15) is 0 Å². The molecule has 17 heavy (non-hydrogen) atoms. The summed E-state index contributed by atoms with van der Waals surface area (Å²) < 4.78 is 0. The molecule has 2 rings (SSSR count). The molecule has 1 atom stereocenters. The maximum absolute atomic E-state index is 5.86. The van der Waals surface area contributed by atoms with Crippen LogP contribution in [0.25, 0.3) is 0 Å². The number of hydrazine groups is 1. The van der Waals surface area contributed by atoms with Crippen LogP contribution in [-0.4, -0.2) is 0 Å². The normalized spacial score (nSPS) is 20.4. The third-order valence-corrected chi connectivity index (χ3v) is 4.58. The van der Waals surface area contributed by atoms with Crippen LogP contribution in [0, 0.1) is 12.3 Å². The molecule has 0 radical (unpaired) electrons. The Morgan fingerprint density at radius 2 is 1.94 bits per heavy atom. The van der Waals surface area contributed by atoms with Crippen molar-refractivity contribution in [3.63, 3.8) is 0 Å². The van der Waals surface area contributed by atoms with Crippen LogP contribution in [0.15, 0.2) is 24.3 Å². The maximum atomic E-state index is 5.86. The number of nitrogens with two attached hydrogens (primary N) is 1. The molecular weight excluding hydrogens is 208 g/mol. The lowest BCUT2D eigenvalue weighted by Gasteiger charge is -2.37. The zero-order valence-corrected chi connectivity index (χ0v) is 11.0. The Balaban J connectivity index is 2.36. The second-order valence-electron chi connectivity index (χ2n) is 5.38. The number of nitrogens with one attached hydrogen (secondary N) is 1. The van der Waals surface area contributed by atoms with Crippen LogP contribution in [0.2, 0.25) is 0 Å². The highest BCUT2D eigenvalue weighted by Gasteiger charge is 2.40. The Morgan fingerprint density at radius 1 is 1.29 bits per heavy atom. The molecule has 2 nitrogen and oxygen atoms in total. The lowest BCUT2D eigenvalue weighted by Crippen LogP contribution is -2.40. The van der Waals surface area contributed by atoms with Gasteiger partial charge in [0.2, 0.25) is 0 Å². The summed E-state index contributed by atoms with van der Waals surface area (Å²) in [5, 5.41) is 0. The van der Waals surface area contributed by atoms with Crippen LogP contribution in [0.3, 0.4) is 0 Å². The zero-order chi connectivity index (χ0) is 12.3. The van der Waals surface area contributed by atoms with Gasteiger partial charge in [-0.3, -0.25) is 11.3 Å². The van der Waals surface area contributed by atoms with Crippen molar-refractivity contribution < 1.29 is 0 Å². The molecule has 94 valence electrons. The van der Waals surface area contributed by atoms with Gasteiger partial charge in [0.05, 0.1) is 6.04 Å². The molecule has 1 fully saturated rings. The first-order valence-electron chi connectivity index (χ1n) is 6.75. The van der Waals surface area contributed by atoms with E-state index in [1.54, 1.807) is 0 Å². The average molecular weight is 232 g/mol. The van der Waals surface area contributed by atoms with E-state index in [4.69, 9.17) is 5.84 Å². The van der Waals surface area contributed by atoms with Gasteiger partial charge in [-0.25, -0.2) is 0 Å². The molecule has 0 saturated heterocycles. The fraction of sp³-hybridized carbons (Fsp3) is 0.600. The third kappa shape index (κ3) is 2.24. The Labute approximate surface area is 105 Å². The minimum atomic E-state index is 0.302. The first-order valence-corrected chi connectivity index (χ1v) is 6.75. The molecule has 2 heteroatoms. The molecule has 1 unspecified atom stereocenters. The molecule has 0 spiro atoms. The van der Waals surface area contributed by atoms with Gasteiger partial charge in [0.25, 0.3) is 0 Å². The number of hydrogen-bond acceptors (Lipinski definition) is 2. The molecule has 1 aliphatic rings. The molecule has 1 saturated carbocycles. The molecule has 1 aliphatic carbocycles. The van der Waals surface area contributed by atoms with Crippen LogP contribution < -0.4 is 11.3 Å². The summed E-state index contributed by atoms with van der Waals surface area (Å²) >= 11 is 0. The zero-order valence-electron chi connectivity index (χ0n) is 11.0. The van der Waals surface area contributed by atoms with Gasteiger partial charge in [-0.15, -0.1) is 0 Å². The quantitative estimate of drug-likeness (QED) is 0.616. The summed E-state index contributed by atoms with van der Waals surface area (Å²) in [6, 6.07) is 8.91. The van der Waals surface area contributed by atoms with Gasteiger partial charge in [-0.05, 0) is 42.7 Å². The standard InChI is InChI=1S/C15H24N2/c1-3-15(10-6-7-11-15)14(17-16)13-9-5-4-8-12(13)2/h4-5,8-9,14,17H,3,6-7,10-11,16H2,1-2H3. The van der Waals surface area contributed by atoms with Crippen molar-refractivity contribution in [3.8, 4) is 0 Å². The van der Waals surface area contributed by atoms with E-state index in [0.29, 0.717) is 11.5 Å². The second-order valence-corrected chi connectivity index (χ2v) is 5.38. The van der Waals surface area contributed by atoms with Crippen molar-refractivity contribution in [1.29, 1.82) is 0 Å². The van der Waals surface area contributed by atoms with Crippen molar-refractivity contribution in [2.45, 2.75) is 52.0 Å². The van der Waals surface area contributed by atoms with E-state index in [1.807, 2.05) is 0 Å². The van der Waals surface area contributed by atoms with Gasteiger partial charge in [-0.2, -0.15) is 0 Å². The van der Waals surface area contributed by atoms with Gasteiger partial charge in [-0.1, -0.05) is 44.0 Å². The maximum Gasteiger partial charge on any atom is 0.0518 e. The molecule has 0 aromatic heterocycles. The first kappa shape index (κ1) is 12.6. The number of benzene rings is 1. The minimum absolute atomic E-state index is 0.302. The van der Waals surface area contributed by atoms with Gasteiger partial charge < -0.3 is 0 Å².